The second-order valence-electron chi connectivity index (χ2n) is 7.54. The normalized spacial score (nSPS) is 10.7. The molecule has 3 aromatic carbocycles. The molecule has 1 amide bonds. The molecule has 0 fully saturated rings. The fraction of sp³-hybridized carbons (Fsp3) is 0.200. The van der Waals surface area contributed by atoms with Crippen molar-refractivity contribution in [3.63, 3.8) is 0 Å². The summed E-state index contributed by atoms with van der Waals surface area (Å²) in [5.74, 6) is -1.38. The number of fused-ring (bicyclic) bond motifs is 1. The lowest BCUT2D eigenvalue weighted by molar-refractivity contribution is -0.115. The molecule has 3 rings (SSSR count). The molecule has 3 aromatic rings. The van der Waals surface area contributed by atoms with Crippen LogP contribution < -0.4 is 11.1 Å². The summed E-state index contributed by atoms with van der Waals surface area (Å²) in [4.78, 5) is 38.1. The Bertz CT molecular complexity index is 1190. The molecule has 0 aliphatic heterocycles. The lowest BCUT2D eigenvalue weighted by atomic mass is 10.0. The molecule has 0 aliphatic rings. The van der Waals surface area contributed by atoms with Gasteiger partial charge in [-0.25, -0.2) is 0 Å². The van der Waals surface area contributed by atoms with E-state index in [0.717, 1.165) is 10.8 Å². The third-order valence-corrected chi connectivity index (χ3v) is 5.58. The molecular weight excluding hydrogens is 470 g/mol. The summed E-state index contributed by atoms with van der Waals surface area (Å²) in [5, 5.41) is 11.9. The Hall–Kier alpha value is -3.32. The quantitative estimate of drug-likeness (QED) is 0.114. The van der Waals surface area contributed by atoms with E-state index in [1.165, 1.54) is 0 Å². The van der Waals surface area contributed by atoms with Gasteiger partial charge in [-0.15, -0.1) is 0 Å². The van der Waals surface area contributed by atoms with Crippen molar-refractivity contribution in [1.29, 1.82) is 5.41 Å². The molecule has 0 saturated carbocycles. The number of nitrogens with two attached hydrogens (primary N) is 1. The van der Waals surface area contributed by atoms with Gasteiger partial charge in [0.05, 0.1) is 17.1 Å². The second kappa shape index (κ2) is 10.8. The molecule has 164 valence electrons. The maximum Gasteiger partial charge on any atom is 0.255 e. The van der Waals surface area contributed by atoms with Crippen molar-refractivity contribution in [3.05, 3.63) is 76.3 Å². The minimum Gasteiger partial charge on any atom is -0.388 e. The fourth-order valence-electron chi connectivity index (χ4n) is 3.38. The van der Waals surface area contributed by atoms with Gasteiger partial charge in [0.25, 0.3) is 5.91 Å². The van der Waals surface area contributed by atoms with Crippen molar-refractivity contribution in [2.24, 2.45) is 5.73 Å². The number of carbonyl (C=O) groups excluding carboxylic acids is 3. The number of Topliss-reactive ketones (excluding diaryl/α,β-unsaturated/α-hetero) is 2. The third kappa shape index (κ3) is 6.11. The van der Waals surface area contributed by atoms with E-state index in [4.69, 9.17) is 11.1 Å². The first-order valence-electron chi connectivity index (χ1n) is 10.4. The predicted octanol–water partition coefficient (Wildman–Crippen LogP) is 5.49. The molecule has 0 unspecified atom stereocenters. The lowest BCUT2D eigenvalue weighted by Gasteiger charge is -2.11. The van der Waals surface area contributed by atoms with Gasteiger partial charge in [0.2, 0.25) is 11.6 Å². The van der Waals surface area contributed by atoms with Crippen LogP contribution in [0.25, 0.3) is 10.8 Å². The fourth-order valence-corrected chi connectivity index (χ4v) is 3.74. The van der Waals surface area contributed by atoms with Crippen LogP contribution >= 0.6 is 15.9 Å². The highest BCUT2D eigenvalue weighted by atomic mass is 79.9. The van der Waals surface area contributed by atoms with Gasteiger partial charge in [-0.1, -0.05) is 52.7 Å². The van der Waals surface area contributed by atoms with Crippen molar-refractivity contribution in [2.45, 2.75) is 32.1 Å². The summed E-state index contributed by atoms with van der Waals surface area (Å²) in [6, 6.07) is 18.0. The minimum absolute atomic E-state index is 0.112. The van der Waals surface area contributed by atoms with Crippen LogP contribution in [0.15, 0.2) is 65.1 Å². The van der Waals surface area contributed by atoms with Crippen LogP contribution in [0.4, 0.5) is 5.69 Å². The number of benzene rings is 3. The lowest BCUT2D eigenvalue weighted by Crippen LogP contribution is -2.19. The zero-order valence-electron chi connectivity index (χ0n) is 17.5. The molecule has 0 heterocycles. The van der Waals surface area contributed by atoms with Gasteiger partial charge in [0.15, 0.2) is 0 Å². The van der Waals surface area contributed by atoms with E-state index in [1.54, 1.807) is 30.3 Å². The number of nitrogens with one attached hydrogen (secondary N) is 2. The molecule has 0 aliphatic carbocycles. The van der Waals surface area contributed by atoms with Gasteiger partial charge >= 0.3 is 0 Å². The van der Waals surface area contributed by atoms with Crippen LogP contribution in [0.5, 0.6) is 0 Å². The Kier molecular flexibility index (Phi) is 7.89. The van der Waals surface area contributed by atoms with Crippen LogP contribution in [0.1, 0.15) is 52.8 Å². The van der Waals surface area contributed by atoms with Crippen molar-refractivity contribution in [2.75, 3.05) is 5.32 Å². The minimum atomic E-state index is -0.633. The molecule has 32 heavy (non-hydrogen) atoms. The van der Waals surface area contributed by atoms with Crippen LogP contribution in [0.3, 0.4) is 0 Å². The van der Waals surface area contributed by atoms with Gasteiger partial charge in [-0.3, -0.25) is 19.8 Å². The van der Waals surface area contributed by atoms with E-state index in [0.29, 0.717) is 41.4 Å². The van der Waals surface area contributed by atoms with Crippen LogP contribution in [0, 0.1) is 5.41 Å². The van der Waals surface area contributed by atoms with Crippen molar-refractivity contribution < 1.29 is 14.4 Å². The topological polar surface area (TPSA) is 113 Å². The number of hydrogen-bond acceptors (Lipinski definition) is 4. The first-order chi connectivity index (χ1) is 15.3. The molecular formula is C25H24BrN3O3. The number of carbonyl (C=O) groups is 3. The van der Waals surface area contributed by atoms with E-state index in [2.05, 4.69) is 21.2 Å². The SMILES string of the molecule is N=C(N)CCCCCC(=O)C(=O)c1cc(Br)ccc1NC(=O)c1ccc2ccccc2c1. The first-order valence-corrected chi connectivity index (χ1v) is 11.1. The molecule has 4 N–H and O–H groups in total. The van der Waals surface area contributed by atoms with Crippen LogP contribution in [0.2, 0.25) is 0 Å². The summed E-state index contributed by atoms with van der Waals surface area (Å²) in [6.07, 6.45) is 2.56. The number of hydrogen-bond donors (Lipinski definition) is 3. The smallest absolute Gasteiger partial charge is 0.255 e. The van der Waals surface area contributed by atoms with Crippen LogP contribution in [-0.4, -0.2) is 23.3 Å². The Morgan fingerprint density at radius 1 is 0.875 bits per heavy atom. The first kappa shape index (κ1) is 23.3. The highest BCUT2D eigenvalue weighted by Gasteiger charge is 2.21. The van der Waals surface area contributed by atoms with Gasteiger partial charge in [0.1, 0.15) is 0 Å². The number of amidine groups is 1. The maximum absolute atomic E-state index is 12.8. The standard InChI is InChI=1S/C25H24BrN3O3/c26-19-12-13-21(20(15-19)24(31)22(30)8-2-1-3-9-23(27)28)29-25(32)18-11-10-16-6-4-5-7-17(16)14-18/h4-7,10-15H,1-3,8-9H2,(H3,27,28)(H,29,32). The Labute approximate surface area is 194 Å². The Morgan fingerprint density at radius 2 is 1.59 bits per heavy atom. The number of amides is 1. The number of halogens is 1. The van der Waals surface area contributed by atoms with E-state index in [-0.39, 0.29) is 23.7 Å². The molecule has 0 radical (unpaired) electrons. The summed E-state index contributed by atoms with van der Waals surface area (Å²) in [5.41, 5.74) is 6.23. The summed E-state index contributed by atoms with van der Waals surface area (Å²) < 4.78 is 0.638. The van der Waals surface area contributed by atoms with Crippen molar-refractivity contribution in [1.82, 2.24) is 0 Å². The van der Waals surface area contributed by atoms with Gasteiger partial charge in [0, 0.05) is 22.9 Å². The van der Waals surface area contributed by atoms with Crippen molar-refractivity contribution in [3.8, 4) is 0 Å². The zero-order chi connectivity index (χ0) is 23.1. The number of rotatable bonds is 10. The van der Waals surface area contributed by atoms with Gasteiger partial charge in [-0.2, -0.15) is 0 Å². The van der Waals surface area contributed by atoms with E-state index < -0.39 is 11.6 Å². The largest absolute Gasteiger partial charge is 0.388 e. The summed E-state index contributed by atoms with van der Waals surface area (Å²) in [7, 11) is 0. The Balaban J connectivity index is 1.72. The van der Waals surface area contributed by atoms with E-state index in [9.17, 15) is 14.4 Å². The average molecular weight is 494 g/mol. The second-order valence-corrected chi connectivity index (χ2v) is 8.46. The summed E-state index contributed by atoms with van der Waals surface area (Å²) >= 11 is 3.33. The highest BCUT2D eigenvalue weighted by molar-refractivity contribution is 9.10. The van der Waals surface area contributed by atoms with E-state index in [1.807, 2.05) is 30.3 Å². The van der Waals surface area contributed by atoms with Crippen LogP contribution in [-0.2, 0) is 4.79 Å². The molecule has 7 heteroatoms. The average Bonchev–Trinajstić information content (AvgIpc) is 2.78. The molecule has 0 bridgehead atoms. The van der Waals surface area contributed by atoms with Gasteiger partial charge in [-0.05, 0) is 53.9 Å². The molecule has 0 atom stereocenters. The van der Waals surface area contributed by atoms with Gasteiger partial charge < -0.3 is 11.1 Å². The molecule has 0 saturated heterocycles. The number of ketones is 2. The van der Waals surface area contributed by atoms with E-state index >= 15 is 0 Å². The molecule has 6 nitrogen and oxygen atoms in total. The molecule has 0 aromatic heterocycles. The monoisotopic (exact) mass is 493 g/mol. The zero-order valence-corrected chi connectivity index (χ0v) is 19.1. The Morgan fingerprint density at radius 3 is 2.34 bits per heavy atom. The molecule has 0 spiro atoms. The highest BCUT2D eigenvalue weighted by Crippen LogP contribution is 2.24. The third-order valence-electron chi connectivity index (χ3n) is 5.09. The van der Waals surface area contributed by atoms with Crippen molar-refractivity contribution >= 4 is 55.7 Å². The number of anilines is 1. The number of unbranched alkanes of at least 4 members (excludes halogenated alkanes) is 2. The summed E-state index contributed by atoms with van der Waals surface area (Å²) in [6.45, 7) is 0. The predicted molar refractivity (Wildman–Crippen MR) is 130 cm³/mol. The maximum atomic E-state index is 12.8.